The maximum absolute atomic E-state index is 11.6. The molecule has 0 saturated heterocycles. The maximum atomic E-state index is 11.6. The van der Waals surface area contributed by atoms with Crippen LogP contribution >= 0.6 is 0 Å². The molecule has 0 spiro atoms. The molecule has 0 bridgehead atoms. The second-order valence-electron chi connectivity index (χ2n) is 6.36. The SMILES string of the molecule is CCCNC1(C(=O)O)CCC(N(C)C(C)C(C)C)C1. The Hall–Kier alpha value is -0.610. The molecule has 112 valence electrons. The van der Waals surface area contributed by atoms with Crippen molar-refractivity contribution in [1.29, 1.82) is 0 Å². The van der Waals surface area contributed by atoms with Gasteiger partial charge in [-0.3, -0.25) is 4.79 Å². The van der Waals surface area contributed by atoms with Crippen LogP contribution in [0.1, 0.15) is 53.4 Å². The summed E-state index contributed by atoms with van der Waals surface area (Å²) in [6.07, 6.45) is 3.40. The van der Waals surface area contributed by atoms with Crippen molar-refractivity contribution < 1.29 is 9.90 Å². The minimum atomic E-state index is -0.703. The number of carboxylic acids is 1. The lowest BCUT2D eigenvalue weighted by Crippen LogP contribution is -2.52. The molecule has 1 fully saturated rings. The first kappa shape index (κ1) is 16.4. The average Bonchev–Trinajstić information content (AvgIpc) is 2.80. The zero-order valence-electron chi connectivity index (χ0n) is 13.1. The van der Waals surface area contributed by atoms with Crippen LogP contribution in [0.5, 0.6) is 0 Å². The van der Waals surface area contributed by atoms with E-state index in [1.165, 1.54) is 0 Å². The van der Waals surface area contributed by atoms with E-state index < -0.39 is 11.5 Å². The summed E-state index contributed by atoms with van der Waals surface area (Å²) in [5.41, 5.74) is -0.703. The van der Waals surface area contributed by atoms with E-state index in [1.807, 2.05) is 0 Å². The van der Waals surface area contributed by atoms with Crippen molar-refractivity contribution in [3.05, 3.63) is 0 Å². The quantitative estimate of drug-likeness (QED) is 0.745. The molecule has 2 N–H and O–H groups in total. The molecule has 1 aliphatic rings. The third kappa shape index (κ3) is 3.69. The number of nitrogens with zero attached hydrogens (tertiary/aromatic N) is 1. The number of carbonyl (C=O) groups is 1. The van der Waals surface area contributed by atoms with Crippen molar-refractivity contribution in [2.75, 3.05) is 13.6 Å². The molecule has 3 unspecified atom stereocenters. The van der Waals surface area contributed by atoms with Crippen LogP contribution in [0.4, 0.5) is 0 Å². The molecular formula is C15H30N2O2. The molecule has 0 amide bonds. The predicted molar refractivity (Wildman–Crippen MR) is 78.4 cm³/mol. The first-order chi connectivity index (χ1) is 8.84. The van der Waals surface area contributed by atoms with Gasteiger partial charge < -0.3 is 15.3 Å². The molecule has 0 heterocycles. The van der Waals surface area contributed by atoms with Gasteiger partial charge in [-0.1, -0.05) is 20.8 Å². The van der Waals surface area contributed by atoms with Gasteiger partial charge in [0.05, 0.1) is 0 Å². The van der Waals surface area contributed by atoms with Crippen molar-refractivity contribution in [2.45, 2.75) is 71.0 Å². The Bertz CT molecular complexity index is 307. The van der Waals surface area contributed by atoms with Crippen LogP contribution in [0.3, 0.4) is 0 Å². The van der Waals surface area contributed by atoms with Gasteiger partial charge >= 0.3 is 5.97 Å². The Morgan fingerprint density at radius 1 is 1.47 bits per heavy atom. The number of aliphatic carboxylic acids is 1. The van der Waals surface area contributed by atoms with E-state index in [0.29, 0.717) is 18.0 Å². The van der Waals surface area contributed by atoms with Crippen molar-refractivity contribution in [2.24, 2.45) is 5.92 Å². The van der Waals surface area contributed by atoms with Crippen molar-refractivity contribution >= 4 is 5.97 Å². The van der Waals surface area contributed by atoms with E-state index in [4.69, 9.17) is 0 Å². The maximum Gasteiger partial charge on any atom is 0.323 e. The van der Waals surface area contributed by atoms with Gasteiger partial charge in [-0.15, -0.1) is 0 Å². The fourth-order valence-electron chi connectivity index (χ4n) is 2.96. The monoisotopic (exact) mass is 270 g/mol. The van der Waals surface area contributed by atoms with E-state index in [1.54, 1.807) is 0 Å². The summed E-state index contributed by atoms with van der Waals surface area (Å²) in [5.74, 6) is -0.0949. The zero-order chi connectivity index (χ0) is 14.6. The van der Waals surface area contributed by atoms with Crippen LogP contribution in [0, 0.1) is 5.92 Å². The molecular weight excluding hydrogens is 240 g/mol. The van der Waals surface area contributed by atoms with E-state index in [9.17, 15) is 9.90 Å². The van der Waals surface area contributed by atoms with Gasteiger partial charge in [0.25, 0.3) is 0 Å². The Kier molecular flexibility index (Phi) is 5.81. The highest BCUT2D eigenvalue weighted by molar-refractivity contribution is 5.79. The van der Waals surface area contributed by atoms with Gasteiger partial charge in [0.15, 0.2) is 0 Å². The molecule has 0 aliphatic heterocycles. The lowest BCUT2D eigenvalue weighted by atomic mass is 9.96. The van der Waals surface area contributed by atoms with E-state index in [2.05, 4.69) is 45.0 Å². The van der Waals surface area contributed by atoms with Gasteiger partial charge in [-0.25, -0.2) is 0 Å². The Labute approximate surface area is 117 Å². The number of rotatable bonds is 7. The summed E-state index contributed by atoms with van der Waals surface area (Å²) in [6, 6.07) is 0.860. The second-order valence-corrected chi connectivity index (χ2v) is 6.36. The summed E-state index contributed by atoms with van der Waals surface area (Å²) < 4.78 is 0. The molecule has 4 heteroatoms. The largest absolute Gasteiger partial charge is 0.480 e. The summed E-state index contributed by atoms with van der Waals surface area (Å²) >= 11 is 0. The van der Waals surface area contributed by atoms with Crippen LogP contribution in [0.25, 0.3) is 0 Å². The molecule has 1 aliphatic carbocycles. The van der Waals surface area contributed by atoms with Crippen LogP contribution in [-0.2, 0) is 4.79 Å². The highest BCUT2D eigenvalue weighted by Crippen LogP contribution is 2.34. The lowest BCUT2D eigenvalue weighted by Gasteiger charge is -2.34. The third-order valence-corrected chi connectivity index (χ3v) is 4.79. The molecule has 0 radical (unpaired) electrons. The van der Waals surface area contributed by atoms with Crippen LogP contribution in [0.2, 0.25) is 0 Å². The fourth-order valence-corrected chi connectivity index (χ4v) is 2.96. The fraction of sp³-hybridized carbons (Fsp3) is 0.933. The molecule has 0 aromatic carbocycles. The number of hydrogen-bond acceptors (Lipinski definition) is 3. The van der Waals surface area contributed by atoms with Gasteiger partial charge in [-0.05, 0) is 52.1 Å². The zero-order valence-corrected chi connectivity index (χ0v) is 13.1. The number of hydrogen-bond donors (Lipinski definition) is 2. The van der Waals surface area contributed by atoms with E-state index in [-0.39, 0.29) is 0 Å². The molecule has 1 saturated carbocycles. The minimum absolute atomic E-state index is 0.373. The summed E-state index contributed by atoms with van der Waals surface area (Å²) in [6.45, 7) is 9.51. The highest BCUT2D eigenvalue weighted by Gasteiger charge is 2.46. The average molecular weight is 270 g/mol. The van der Waals surface area contributed by atoms with Crippen molar-refractivity contribution in [3.8, 4) is 0 Å². The first-order valence-electron chi connectivity index (χ1n) is 7.54. The Balaban J connectivity index is 2.70. The Morgan fingerprint density at radius 3 is 2.58 bits per heavy atom. The van der Waals surface area contributed by atoms with Gasteiger partial charge in [0, 0.05) is 12.1 Å². The third-order valence-electron chi connectivity index (χ3n) is 4.79. The van der Waals surface area contributed by atoms with Crippen molar-refractivity contribution in [1.82, 2.24) is 10.2 Å². The lowest BCUT2D eigenvalue weighted by molar-refractivity contribution is -0.144. The van der Waals surface area contributed by atoms with Gasteiger partial charge in [0.1, 0.15) is 5.54 Å². The smallest absolute Gasteiger partial charge is 0.323 e. The van der Waals surface area contributed by atoms with Gasteiger partial charge in [0.2, 0.25) is 0 Å². The van der Waals surface area contributed by atoms with Crippen LogP contribution in [0.15, 0.2) is 0 Å². The number of nitrogens with one attached hydrogen (secondary N) is 1. The van der Waals surface area contributed by atoms with Crippen LogP contribution < -0.4 is 5.32 Å². The number of carboxylic acid groups (broad SMARTS) is 1. The molecule has 0 aromatic rings. The molecule has 19 heavy (non-hydrogen) atoms. The van der Waals surface area contributed by atoms with Crippen molar-refractivity contribution in [3.63, 3.8) is 0 Å². The molecule has 0 aromatic heterocycles. The Morgan fingerprint density at radius 2 is 2.11 bits per heavy atom. The molecule has 3 atom stereocenters. The molecule has 4 nitrogen and oxygen atoms in total. The summed E-state index contributed by atoms with van der Waals surface area (Å²) in [4.78, 5) is 14.0. The molecule has 1 rings (SSSR count). The highest BCUT2D eigenvalue weighted by atomic mass is 16.4. The van der Waals surface area contributed by atoms with E-state index in [0.717, 1.165) is 32.2 Å². The van der Waals surface area contributed by atoms with Crippen LogP contribution in [-0.4, -0.2) is 47.2 Å². The summed E-state index contributed by atoms with van der Waals surface area (Å²) in [5, 5.41) is 12.8. The standard InChI is InChI=1S/C15H30N2O2/c1-6-9-16-15(14(18)19)8-7-13(10-15)17(5)12(4)11(2)3/h11-13,16H,6-10H2,1-5H3,(H,18,19). The topological polar surface area (TPSA) is 52.6 Å². The predicted octanol–water partition coefficient (Wildman–Crippen LogP) is 2.34. The first-order valence-corrected chi connectivity index (χ1v) is 7.54. The minimum Gasteiger partial charge on any atom is -0.480 e. The van der Waals surface area contributed by atoms with E-state index >= 15 is 0 Å². The summed E-state index contributed by atoms with van der Waals surface area (Å²) in [7, 11) is 2.13. The van der Waals surface area contributed by atoms with Gasteiger partial charge in [-0.2, -0.15) is 0 Å². The second kappa shape index (κ2) is 6.71. The normalized spacial score (nSPS) is 29.1.